The van der Waals surface area contributed by atoms with E-state index in [1.807, 2.05) is 0 Å². The molecule has 1 fully saturated rings. The molecule has 2 heteroatoms. The van der Waals surface area contributed by atoms with Gasteiger partial charge in [-0.2, -0.15) is 0 Å². The molecular formula is C13H22N2. The third-order valence-electron chi connectivity index (χ3n) is 4.04. The lowest BCUT2D eigenvalue weighted by molar-refractivity contribution is 0.206. The van der Waals surface area contributed by atoms with Crippen molar-refractivity contribution in [3.8, 4) is 0 Å². The minimum Gasteiger partial charge on any atom is -0.352 e. The first-order valence-electron chi connectivity index (χ1n) is 5.89. The van der Waals surface area contributed by atoms with Crippen molar-refractivity contribution in [1.82, 2.24) is 9.88 Å². The van der Waals surface area contributed by atoms with Crippen molar-refractivity contribution in [2.24, 2.45) is 7.05 Å². The third kappa shape index (κ3) is 1.96. The fraction of sp³-hybridized carbons (Fsp3) is 0.692. The molecule has 1 aliphatic carbocycles. The molecule has 0 aromatic carbocycles. The van der Waals surface area contributed by atoms with E-state index in [1.54, 1.807) is 0 Å². The summed E-state index contributed by atoms with van der Waals surface area (Å²) in [6.07, 6.45) is 4.05. The van der Waals surface area contributed by atoms with Gasteiger partial charge in [0.25, 0.3) is 0 Å². The fourth-order valence-electron chi connectivity index (χ4n) is 2.30. The van der Waals surface area contributed by atoms with Crippen LogP contribution in [-0.2, 0) is 13.6 Å². The van der Waals surface area contributed by atoms with E-state index in [0.717, 1.165) is 6.54 Å². The van der Waals surface area contributed by atoms with Crippen molar-refractivity contribution in [3.63, 3.8) is 0 Å². The summed E-state index contributed by atoms with van der Waals surface area (Å²) in [7, 11) is 2.14. The third-order valence-corrected chi connectivity index (χ3v) is 4.04. The predicted molar refractivity (Wildman–Crippen MR) is 64.0 cm³/mol. The summed E-state index contributed by atoms with van der Waals surface area (Å²) >= 11 is 0. The Balaban J connectivity index is 2.01. The second-order valence-corrected chi connectivity index (χ2v) is 5.22. The zero-order valence-corrected chi connectivity index (χ0v) is 10.4. The number of nitrogens with zero attached hydrogens (tertiary/aromatic N) is 1. The summed E-state index contributed by atoms with van der Waals surface area (Å²) < 4.78 is 2.26. The van der Waals surface area contributed by atoms with E-state index in [-0.39, 0.29) is 0 Å². The minimum atomic E-state index is 0.413. The normalized spacial score (nSPS) is 18.9. The fourth-order valence-corrected chi connectivity index (χ4v) is 2.30. The second-order valence-electron chi connectivity index (χ2n) is 5.22. The van der Waals surface area contributed by atoms with Crippen molar-refractivity contribution >= 4 is 0 Å². The van der Waals surface area contributed by atoms with Crippen LogP contribution in [0.4, 0.5) is 0 Å². The minimum absolute atomic E-state index is 0.413. The molecule has 0 unspecified atom stereocenters. The van der Waals surface area contributed by atoms with Gasteiger partial charge < -0.3 is 9.88 Å². The molecule has 1 aromatic heterocycles. The molecular weight excluding hydrogens is 184 g/mol. The van der Waals surface area contributed by atoms with Gasteiger partial charge in [-0.15, -0.1) is 0 Å². The summed E-state index contributed by atoms with van der Waals surface area (Å²) in [5.74, 6) is 0. The van der Waals surface area contributed by atoms with Gasteiger partial charge >= 0.3 is 0 Å². The zero-order chi connectivity index (χ0) is 11.1. The summed E-state index contributed by atoms with van der Waals surface area (Å²) in [4.78, 5) is 0. The van der Waals surface area contributed by atoms with Crippen molar-refractivity contribution in [3.05, 3.63) is 23.0 Å². The molecule has 1 heterocycles. The predicted octanol–water partition coefficient (Wildman–Crippen LogP) is 2.67. The van der Waals surface area contributed by atoms with Crippen LogP contribution >= 0.6 is 0 Å². The van der Waals surface area contributed by atoms with Crippen molar-refractivity contribution in [2.45, 2.75) is 52.1 Å². The van der Waals surface area contributed by atoms with Crippen LogP contribution in [0.1, 0.15) is 43.1 Å². The Morgan fingerprint density at radius 2 is 2.07 bits per heavy atom. The first kappa shape index (κ1) is 10.7. The molecule has 1 aromatic rings. The standard InChI is InChI=1S/C13H22N2/c1-10-8-12(11(2)15(10)4)9-14-13(3)6-5-7-13/h8,14H,5-7,9H2,1-4H3. The van der Waals surface area contributed by atoms with Gasteiger partial charge in [-0.05, 0) is 51.7 Å². The van der Waals surface area contributed by atoms with E-state index in [0.29, 0.717) is 5.54 Å². The van der Waals surface area contributed by atoms with Gasteiger partial charge in [0.05, 0.1) is 0 Å². The first-order chi connectivity index (χ1) is 7.02. The molecule has 0 saturated heterocycles. The Labute approximate surface area is 92.7 Å². The van der Waals surface area contributed by atoms with Crippen molar-refractivity contribution in [1.29, 1.82) is 0 Å². The van der Waals surface area contributed by atoms with E-state index in [1.165, 1.54) is 36.2 Å². The van der Waals surface area contributed by atoms with Gasteiger partial charge in [0, 0.05) is 30.5 Å². The summed E-state index contributed by atoms with van der Waals surface area (Å²) in [6.45, 7) is 7.72. The Morgan fingerprint density at radius 3 is 2.47 bits per heavy atom. The number of aryl methyl sites for hydroxylation is 1. The average Bonchev–Trinajstić information content (AvgIpc) is 2.40. The number of nitrogens with one attached hydrogen (secondary N) is 1. The number of rotatable bonds is 3. The molecule has 0 aliphatic heterocycles. The van der Waals surface area contributed by atoms with Crippen LogP contribution in [0.25, 0.3) is 0 Å². The van der Waals surface area contributed by atoms with Crippen LogP contribution in [0.5, 0.6) is 0 Å². The lowest BCUT2D eigenvalue weighted by atomic mass is 9.78. The molecule has 0 atom stereocenters. The van der Waals surface area contributed by atoms with Gasteiger partial charge in [0.1, 0.15) is 0 Å². The Bertz CT molecular complexity index is 359. The Kier molecular flexibility index (Phi) is 2.63. The van der Waals surface area contributed by atoms with Crippen LogP contribution in [-0.4, -0.2) is 10.1 Å². The molecule has 1 N–H and O–H groups in total. The molecule has 2 nitrogen and oxygen atoms in total. The summed E-state index contributed by atoms with van der Waals surface area (Å²) in [6, 6.07) is 2.30. The molecule has 15 heavy (non-hydrogen) atoms. The second kappa shape index (κ2) is 3.67. The monoisotopic (exact) mass is 206 g/mol. The van der Waals surface area contributed by atoms with Gasteiger partial charge in [-0.1, -0.05) is 0 Å². The van der Waals surface area contributed by atoms with Gasteiger partial charge in [-0.3, -0.25) is 0 Å². The van der Waals surface area contributed by atoms with Crippen LogP contribution in [0.3, 0.4) is 0 Å². The van der Waals surface area contributed by atoms with Gasteiger partial charge in [-0.25, -0.2) is 0 Å². The van der Waals surface area contributed by atoms with Gasteiger partial charge in [0.15, 0.2) is 0 Å². The topological polar surface area (TPSA) is 17.0 Å². The molecule has 0 radical (unpaired) electrons. The average molecular weight is 206 g/mol. The highest BCUT2D eigenvalue weighted by atomic mass is 15.0. The first-order valence-corrected chi connectivity index (χ1v) is 5.89. The number of aromatic nitrogens is 1. The van der Waals surface area contributed by atoms with Crippen LogP contribution in [0, 0.1) is 13.8 Å². The maximum Gasteiger partial charge on any atom is 0.0228 e. The maximum atomic E-state index is 3.68. The number of hydrogen-bond donors (Lipinski definition) is 1. The van der Waals surface area contributed by atoms with Crippen LogP contribution in [0.15, 0.2) is 6.07 Å². The van der Waals surface area contributed by atoms with E-state index < -0.39 is 0 Å². The van der Waals surface area contributed by atoms with Crippen LogP contribution in [0.2, 0.25) is 0 Å². The van der Waals surface area contributed by atoms with Crippen molar-refractivity contribution in [2.75, 3.05) is 0 Å². The molecule has 2 rings (SSSR count). The van der Waals surface area contributed by atoms with E-state index in [4.69, 9.17) is 0 Å². The van der Waals surface area contributed by atoms with E-state index in [9.17, 15) is 0 Å². The Morgan fingerprint density at radius 1 is 1.40 bits per heavy atom. The molecule has 1 saturated carbocycles. The molecule has 0 spiro atoms. The summed E-state index contributed by atoms with van der Waals surface area (Å²) in [5, 5.41) is 3.68. The van der Waals surface area contributed by atoms with Crippen LogP contribution < -0.4 is 5.32 Å². The molecule has 84 valence electrons. The van der Waals surface area contributed by atoms with Crippen molar-refractivity contribution < 1.29 is 0 Å². The molecule has 0 bridgehead atoms. The van der Waals surface area contributed by atoms with Gasteiger partial charge in [0.2, 0.25) is 0 Å². The quantitative estimate of drug-likeness (QED) is 0.804. The largest absolute Gasteiger partial charge is 0.352 e. The SMILES string of the molecule is Cc1cc(CNC2(C)CCC2)c(C)n1C. The molecule has 0 amide bonds. The highest BCUT2D eigenvalue weighted by Crippen LogP contribution is 2.31. The Hall–Kier alpha value is -0.760. The molecule has 1 aliphatic rings. The lowest BCUT2D eigenvalue weighted by Crippen LogP contribution is -2.47. The van der Waals surface area contributed by atoms with E-state index in [2.05, 4.69) is 43.8 Å². The zero-order valence-electron chi connectivity index (χ0n) is 10.4. The highest BCUT2D eigenvalue weighted by molar-refractivity contribution is 5.26. The maximum absolute atomic E-state index is 3.68. The summed E-state index contributed by atoms with van der Waals surface area (Å²) in [5.41, 5.74) is 4.60. The van der Waals surface area contributed by atoms with E-state index >= 15 is 0 Å². The lowest BCUT2D eigenvalue weighted by Gasteiger charge is -2.39. The highest BCUT2D eigenvalue weighted by Gasteiger charge is 2.30. The smallest absolute Gasteiger partial charge is 0.0228 e. The number of hydrogen-bond acceptors (Lipinski definition) is 1.